The summed E-state index contributed by atoms with van der Waals surface area (Å²) >= 11 is 6.01. The average molecular weight is 427 g/mol. The molecule has 0 radical (unpaired) electrons. The van der Waals surface area contributed by atoms with Crippen LogP contribution in [0.2, 0.25) is 5.02 Å². The average Bonchev–Trinajstić information content (AvgIpc) is 3.24. The summed E-state index contributed by atoms with van der Waals surface area (Å²) in [6.07, 6.45) is 6.95. The van der Waals surface area contributed by atoms with Gasteiger partial charge in [0.15, 0.2) is 0 Å². The molecule has 0 unspecified atom stereocenters. The van der Waals surface area contributed by atoms with E-state index in [0.29, 0.717) is 17.4 Å². The highest BCUT2D eigenvalue weighted by Crippen LogP contribution is 2.30. The molecular formula is C25H31ClN2O2. The summed E-state index contributed by atoms with van der Waals surface area (Å²) < 4.78 is 5.36. The first-order chi connectivity index (χ1) is 14.6. The van der Waals surface area contributed by atoms with Crippen molar-refractivity contribution < 1.29 is 9.53 Å². The summed E-state index contributed by atoms with van der Waals surface area (Å²) in [6, 6.07) is 16.4. The highest BCUT2D eigenvalue weighted by molar-refractivity contribution is 6.30. The maximum Gasteiger partial charge on any atom is 0.255 e. The molecule has 1 N–H and O–H groups in total. The SMILES string of the molecule is COc1ccccc1C(=O)N[C@@H]1CCC[C@H]1N1CCC(Cc2ccc(Cl)cc2)CC1. The van der Waals surface area contributed by atoms with Crippen molar-refractivity contribution in [3.8, 4) is 5.75 Å². The number of benzene rings is 2. The Labute approximate surface area is 184 Å². The maximum atomic E-state index is 12.9. The van der Waals surface area contributed by atoms with Gasteiger partial charge in [-0.3, -0.25) is 9.69 Å². The normalized spacial score (nSPS) is 22.7. The fourth-order valence-corrected chi connectivity index (χ4v) is 5.19. The van der Waals surface area contributed by atoms with Gasteiger partial charge in [-0.2, -0.15) is 0 Å². The largest absolute Gasteiger partial charge is 0.496 e. The number of carbonyl (C=O) groups is 1. The van der Waals surface area contributed by atoms with Crippen LogP contribution in [0.4, 0.5) is 0 Å². The van der Waals surface area contributed by atoms with Crippen molar-refractivity contribution >= 4 is 17.5 Å². The Morgan fingerprint density at radius 1 is 1.07 bits per heavy atom. The Bertz CT molecular complexity index is 846. The number of rotatable bonds is 6. The molecule has 2 atom stereocenters. The summed E-state index contributed by atoms with van der Waals surface area (Å²) in [5, 5.41) is 4.10. The van der Waals surface area contributed by atoms with E-state index in [1.54, 1.807) is 7.11 Å². The highest BCUT2D eigenvalue weighted by atomic mass is 35.5. The Morgan fingerprint density at radius 2 is 1.80 bits per heavy atom. The number of carbonyl (C=O) groups excluding carboxylic acids is 1. The lowest BCUT2D eigenvalue weighted by Crippen LogP contribution is -2.51. The van der Waals surface area contributed by atoms with E-state index in [9.17, 15) is 4.79 Å². The number of amides is 1. The number of nitrogens with one attached hydrogen (secondary N) is 1. The molecule has 1 aliphatic heterocycles. The lowest BCUT2D eigenvalue weighted by molar-refractivity contribution is 0.0859. The number of methoxy groups -OCH3 is 1. The van der Waals surface area contributed by atoms with Gasteiger partial charge >= 0.3 is 0 Å². The van der Waals surface area contributed by atoms with Crippen LogP contribution in [0, 0.1) is 5.92 Å². The number of likely N-dealkylation sites (tertiary alicyclic amines) is 1. The van der Waals surface area contributed by atoms with Gasteiger partial charge in [-0.15, -0.1) is 0 Å². The molecule has 1 aliphatic carbocycles. The Hall–Kier alpha value is -2.04. The van der Waals surface area contributed by atoms with Crippen molar-refractivity contribution in [1.82, 2.24) is 10.2 Å². The second-order valence-electron chi connectivity index (χ2n) is 8.59. The minimum atomic E-state index is -0.0259. The fraction of sp³-hybridized carbons (Fsp3) is 0.480. The lowest BCUT2D eigenvalue weighted by Gasteiger charge is -2.38. The number of ether oxygens (including phenoxy) is 1. The Kier molecular flexibility index (Phi) is 6.96. The van der Waals surface area contributed by atoms with Gasteiger partial charge in [0, 0.05) is 17.1 Å². The standard InChI is InChI=1S/C25H31ClN2O2/c1-30-24-8-3-2-5-21(24)25(29)27-22-6-4-7-23(22)28-15-13-19(14-16-28)17-18-9-11-20(26)12-10-18/h2-3,5,8-12,19,22-23H,4,6-7,13-17H2,1H3,(H,27,29)/t22-,23-/m1/s1. The first-order valence-corrected chi connectivity index (χ1v) is 11.4. The molecule has 1 saturated heterocycles. The van der Waals surface area contributed by atoms with Crippen molar-refractivity contribution in [3.05, 3.63) is 64.7 Å². The van der Waals surface area contributed by atoms with E-state index < -0.39 is 0 Å². The minimum absolute atomic E-state index is 0.0259. The third-order valence-corrected chi connectivity index (χ3v) is 6.96. The lowest BCUT2D eigenvalue weighted by atomic mass is 9.89. The van der Waals surface area contributed by atoms with E-state index in [4.69, 9.17) is 16.3 Å². The van der Waals surface area contributed by atoms with Crippen molar-refractivity contribution in [1.29, 1.82) is 0 Å². The third kappa shape index (κ3) is 4.98. The molecule has 0 bridgehead atoms. The summed E-state index contributed by atoms with van der Waals surface area (Å²) in [7, 11) is 1.61. The predicted molar refractivity (Wildman–Crippen MR) is 121 cm³/mol. The van der Waals surface area contributed by atoms with Crippen molar-refractivity contribution in [2.75, 3.05) is 20.2 Å². The Morgan fingerprint density at radius 3 is 2.53 bits per heavy atom. The molecule has 0 aromatic heterocycles. The first-order valence-electron chi connectivity index (χ1n) is 11.1. The quantitative estimate of drug-likeness (QED) is 0.710. The molecule has 0 spiro atoms. The van der Waals surface area contributed by atoms with Gasteiger partial charge in [0.1, 0.15) is 5.75 Å². The van der Waals surface area contributed by atoms with Crippen molar-refractivity contribution in [2.24, 2.45) is 5.92 Å². The van der Waals surface area contributed by atoms with E-state index in [0.717, 1.165) is 36.9 Å². The highest BCUT2D eigenvalue weighted by Gasteiger charge is 2.35. The van der Waals surface area contributed by atoms with E-state index in [-0.39, 0.29) is 11.9 Å². The van der Waals surface area contributed by atoms with Gasteiger partial charge in [0.2, 0.25) is 0 Å². The maximum absolute atomic E-state index is 12.9. The smallest absolute Gasteiger partial charge is 0.255 e. The zero-order valence-corrected chi connectivity index (χ0v) is 18.4. The molecular weight excluding hydrogens is 396 g/mol. The third-order valence-electron chi connectivity index (χ3n) is 6.70. The first kappa shape index (κ1) is 21.2. The summed E-state index contributed by atoms with van der Waals surface area (Å²) in [4.78, 5) is 15.5. The molecule has 1 amide bonds. The van der Waals surface area contributed by atoms with Gasteiger partial charge in [-0.25, -0.2) is 0 Å². The van der Waals surface area contributed by atoms with E-state index in [1.165, 1.54) is 31.2 Å². The number of nitrogens with zero attached hydrogens (tertiary/aromatic N) is 1. The van der Waals surface area contributed by atoms with Crippen LogP contribution in [0.5, 0.6) is 5.75 Å². The topological polar surface area (TPSA) is 41.6 Å². The summed E-state index contributed by atoms with van der Waals surface area (Å²) in [5.74, 6) is 1.33. The van der Waals surface area contributed by atoms with Crippen molar-refractivity contribution in [3.63, 3.8) is 0 Å². The van der Waals surface area contributed by atoms with E-state index in [1.807, 2.05) is 36.4 Å². The van der Waals surface area contributed by atoms with Crippen LogP contribution in [0.1, 0.15) is 48.0 Å². The summed E-state index contributed by atoms with van der Waals surface area (Å²) in [6.45, 7) is 2.23. The molecule has 30 heavy (non-hydrogen) atoms. The molecule has 160 valence electrons. The molecule has 2 aliphatic rings. The molecule has 1 heterocycles. The molecule has 5 heteroatoms. The van der Waals surface area contributed by atoms with Crippen LogP contribution in [0.15, 0.2) is 48.5 Å². The molecule has 2 aromatic carbocycles. The van der Waals surface area contributed by atoms with Gasteiger partial charge in [-0.1, -0.05) is 35.9 Å². The number of hydrogen-bond acceptors (Lipinski definition) is 3. The van der Waals surface area contributed by atoms with Gasteiger partial charge in [0.05, 0.1) is 12.7 Å². The molecule has 4 nitrogen and oxygen atoms in total. The zero-order chi connectivity index (χ0) is 20.9. The predicted octanol–water partition coefficient (Wildman–Crippen LogP) is 4.95. The number of halogens is 1. The van der Waals surface area contributed by atoms with Crippen LogP contribution in [-0.2, 0) is 6.42 Å². The second-order valence-corrected chi connectivity index (χ2v) is 9.02. The molecule has 2 fully saturated rings. The van der Waals surface area contributed by atoms with Crippen LogP contribution < -0.4 is 10.1 Å². The van der Waals surface area contributed by atoms with Crippen LogP contribution in [-0.4, -0.2) is 43.1 Å². The fourth-order valence-electron chi connectivity index (χ4n) is 5.07. The summed E-state index contributed by atoms with van der Waals surface area (Å²) in [5.41, 5.74) is 1.99. The van der Waals surface area contributed by atoms with Crippen LogP contribution in [0.3, 0.4) is 0 Å². The molecule has 2 aromatic rings. The van der Waals surface area contributed by atoms with Gasteiger partial charge in [-0.05, 0) is 87.4 Å². The van der Waals surface area contributed by atoms with E-state index in [2.05, 4.69) is 22.3 Å². The second kappa shape index (κ2) is 9.84. The minimum Gasteiger partial charge on any atom is -0.496 e. The zero-order valence-electron chi connectivity index (χ0n) is 17.6. The number of hydrogen-bond donors (Lipinski definition) is 1. The van der Waals surface area contributed by atoms with Crippen molar-refractivity contribution in [2.45, 2.75) is 50.6 Å². The van der Waals surface area contributed by atoms with Crippen LogP contribution >= 0.6 is 11.6 Å². The Balaban J connectivity index is 1.32. The van der Waals surface area contributed by atoms with Crippen LogP contribution in [0.25, 0.3) is 0 Å². The monoisotopic (exact) mass is 426 g/mol. The van der Waals surface area contributed by atoms with Gasteiger partial charge in [0.25, 0.3) is 5.91 Å². The molecule has 1 saturated carbocycles. The molecule has 4 rings (SSSR count). The van der Waals surface area contributed by atoms with E-state index >= 15 is 0 Å². The number of para-hydroxylation sites is 1. The van der Waals surface area contributed by atoms with Gasteiger partial charge < -0.3 is 10.1 Å². The number of piperidine rings is 1.